The molecule has 1 N–H and O–H groups in total. The van der Waals surface area contributed by atoms with Crippen molar-refractivity contribution in [2.24, 2.45) is 0 Å². The molecule has 1 heterocycles. The van der Waals surface area contributed by atoms with Gasteiger partial charge in [0.15, 0.2) is 0 Å². The number of hydrogen-bond acceptors (Lipinski definition) is 2. The number of piperidine rings is 1. The van der Waals surface area contributed by atoms with Gasteiger partial charge >= 0.3 is 0 Å². The molecular weight excluding hydrogens is 198 g/mol. The highest BCUT2D eigenvalue weighted by molar-refractivity contribution is 5.43. The molecule has 0 atom stereocenters. The molecule has 2 nitrogen and oxygen atoms in total. The second-order valence-corrected chi connectivity index (χ2v) is 4.70. The smallest absolute Gasteiger partial charge is 0.122 e. The minimum Gasteiger partial charge on any atom is -0.496 e. The predicted molar refractivity (Wildman–Crippen MR) is 67.3 cm³/mol. The first-order valence-corrected chi connectivity index (χ1v) is 6.08. The van der Waals surface area contributed by atoms with Gasteiger partial charge in [-0.25, -0.2) is 0 Å². The van der Waals surface area contributed by atoms with Crippen LogP contribution in [0.5, 0.6) is 5.75 Å². The first-order chi connectivity index (χ1) is 7.72. The third-order valence-corrected chi connectivity index (χ3v) is 3.56. The van der Waals surface area contributed by atoms with Crippen molar-refractivity contribution in [2.75, 3.05) is 20.2 Å². The van der Waals surface area contributed by atoms with E-state index in [1.165, 1.54) is 29.5 Å². The fourth-order valence-corrected chi connectivity index (χ4v) is 2.60. The van der Waals surface area contributed by atoms with E-state index in [4.69, 9.17) is 4.74 Å². The van der Waals surface area contributed by atoms with Crippen LogP contribution in [0.1, 0.15) is 35.4 Å². The number of aryl methyl sites for hydroxylation is 2. The molecule has 1 aromatic rings. The monoisotopic (exact) mass is 219 g/mol. The fourth-order valence-electron chi connectivity index (χ4n) is 2.60. The van der Waals surface area contributed by atoms with Gasteiger partial charge in [0.25, 0.3) is 0 Å². The second kappa shape index (κ2) is 4.88. The Bertz CT molecular complexity index is 367. The number of ether oxygens (including phenoxy) is 1. The summed E-state index contributed by atoms with van der Waals surface area (Å²) in [4.78, 5) is 0. The van der Waals surface area contributed by atoms with Crippen molar-refractivity contribution >= 4 is 0 Å². The Kier molecular flexibility index (Phi) is 3.49. The molecule has 1 aliphatic heterocycles. The Morgan fingerprint density at radius 3 is 2.44 bits per heavy atom. The Hall–Kier alpha value is -1.02. The topological polar surface area (TPSA) is 21.3 Å². The standard InChI is InChI=1S/C14H21NO/c1-10-9-14(16-3)11(2)8-13(10)12-4-6-15-7-5-12/h8-9,12,15H,4-7H2,1-3H3. The Balaban J connectivity index is 2.29. The lowest BCUT2D eigenvalue weighted by Crippen LogP contribution is -2.27. The molecule has 0 aromatic heterocycles. The van der Waals surface area contributed by atoms with Crippen LogP contribution in [0.2, 0.25) is 0 Å². The normalized spacial score (nSPS) is 17.4. The van der Waals surface area contributed by atoms with E-state index in [-0.39, 0.29) is 0 Å². The Morgan fingerprint density at radius 1 is 1.12 bits per heavy atom. The van der Waals surface area contributed by atoms with Gasteiger partial charge < -0.3 is 10.1 Å². The van der Waals surface area contributed by atoms with E-state index in [1.54, 1.807) is 7.11 Å². The Labute approximate surface area is 98.0 Å². The molecular formula is C14H21NO. The summed E-state index contributed by atoms with van der Waals surface area (Å²) in [5.41, 5.74) is 4.13. The van der Waals surface area contributed by atoms with Crippen LogP contribution in [0.3, 0.4) is 0 Å². The van der Waals surface area contributed by atoms with E-state index in [0.29, 0.717) is 0 Å². The van der Waals surface area contributed by atoms with Crippen molar-refractivity contribution in [2.45, 2.75) is 32.6 Å². The van der Waals surface area contributed by atoms with Gasteiger partial charge in [0.1, 0.15) is 5.75 Å². The number of methoxy groups -OCH3 is 1. The molecule has 2 heteroatoms. The quantitative estimate of drug-likeness (QED) is 0.826. The summed E-state index contributed by atoms with van der Waals surface area (Å²) >= 11 is 0. The SMILES string of the molecule is COc1cc(C)c(C2CCNCC2)cc1C. The maximum absolute atomic E-state index is 5.36. The zero-order valence-electron chi connectivity index (χ0n) is 10.5. The molecule has 0 aliphatic carbocycles. The molecule has 1 aromatic carbocycles. The van der Waals surface area contributed by atoms with Crippen LogP contribution in [0.25, 0.3) is 0 Å². The minimum atomic E-state index is 0.728. The molecule has 0 unspecified atom stereocenters. The van der Waals surface area contributed by atoms with Gasteiger partial charge in [0.05, 0.1) is 7.11 Å². The zero-order valence-corrected chi connectivity index (χ0v) is 10.5. The molecule has 0 bridgehead atoms. The summed E-state index contributed by atoms with van der Waals surface area (Å²) in [6.45, 7) is 6.62. The number of benzene rings is 1. The molecule has 0 spiro atoms. The third-order valence-electron chi connectivity index (χ3n) is 3.56. The van der Waals surface area contributed by atoms with E-state index >= 15 is 0 Å². The summed E-state index contributed by atoms with van der Waals surface area (Å²) in [6, 6.07) is 4.48. The van der Waals surface area contributed by atoms with Gasteiger partial charge in [-0.1, -0.05) is 6.07 Å². The zero-order chi connectivity index (χ0) is 11.5. The van der Waals surface area contributed by atoms with Crippen molar-refractivity contribution < 1.29 is 4.74 Å². The molecule has 2 rings (SSSR count). The first kappa shape index (κ1) is 11.5. The highest BCUT2D eigenvalue weighted by Gasteiger charge is 2.18. The number of hydrogen-bond donors (Lipinski definition) is 1. The second-order valence-electron chi connectivity index (χ2n) is 4.70. The summed E-state index contributed by atoms with van der Waals surface area (Å²) in [5.74, 6) is 1.74. The van der Waals surface area contributed by atoms with E-state index in [1.807, 2.05) is 0 Å². The van der Waals surface area contributed by atoms with Gasteiger partial charge in [-0.3, -0.25) is 0 Å². The van der Waals surface area contributed by atoms with Crippen LogP contribution < -0.4 is 10.1 Å². The van der Waals surface area contributed by atoms with E-state index in [2.05, 4.69) is 31.3 Å². The van der Waals surface area contributed by atoms with Gasteiger partial charge in [-0.2, -0.15) is 0 Å². The molecule has 0 radical (unpaired) electrons. The van der Waals surface area contributed by atoms with Gasteiger partial charge in [-0.05, 0) is 68.5 Å². The van der Waals surface area contributed by atoms with Crippen LogP contribution in [-0.4, -0.2) is 20.2 Å². The van der Waals surface area contributed by atoms with Crippen LogP contribution in [0.15, 0.2) is 12.1 Å². The summed E-state index contributed by atoms with van der Waals surface area (Å²) in [5, 5.41) is 3.42. The maximum atomic E-state index is 5.36. The van der Waals surface area contributed by atoms with Gasteiger partial charge in [0.2, 0.25) is 0 Å². The van der Waals surface area contributed by atoms with Gasteiger partial charge in [-0.15, -0.1) is 0 Å². The van der Waals surface area contributed by atoms with Crippen LogP contribution >= 0.6 is 0 Å². The molecule has 1 fully saturated rings. The van der Waals surface area contributed by atoms with Crippen molar-refractivity contribution in [1.29, 1.82) is 0 Å². The van der Waals surface area contributed by atoms with E-state index < -0.39 is 0 Å². The molecule has 1 saturated heterocycles. The highest BCUT2D eigenvalue weighted by atomic mass is 16.5. The minimum absolute atomic E-state index is 0.728. The van der Waals surface area contributed by atoms with E-state index in [0.717, 1.165) is 24.8 Å². The fraction of sp³-hybridized carbons (Fsp3) is 0.571. The molecule has 0 amide bonds. The largest absolute Gasteiger partial charge is 0.496 e. The van der Waals surface area contributed by atoms with Crippen LogP contribution in [0, 0.1) is 13.8 Å². The van der Waals surface area contributed by atoms with Crippen LogP contribution in [0.4, 0.5) is 0 Å². The molecule has 1 aliphatic rings. The maximum Gasteiger partial charge on any atom is 0.122 e. The Morgan fingerprint density at radius 2 is 1.81 bits per heavy atom. The summed E-state index contributed by atoms with van der Waals surface area (Å²) < 4.78 is 5.36. The molecule has 16 heavy (non-hydrogen) atoms. The highest BCUT2D eigenvalue weighted by Crippen LogP contribution is 2.32. The predicted octanol–water partition coefficient (Wildman–Crippen LogP) is 2.78. The summed E-state index contributed by atoms with van der Waals surface area (Å²) in [6.07, 6.45) is 2.51. The third kappa shape index (κ3) is 2.22. The van der Waals surface area contributed by atoms with Crippen molar-refractivity contribution in [3.05, 3.63) is 28.8 Å². The first-order valence-electron chi connectivity index (χ1n) is 6.08. The lowest BCUT2D eigenvalue weighted by molar-refractivity contribution is 0.410. The lowest BCUT2D eigenvalue weighted by Gasteiger charge is -2.25. The van der Waals surface area contributed by atoms with Crippen molar-refractivity contribution in [3.8, 4) is 5.75 Å². The number of nitrogens with one attached hydrogen (secondary N) is 1. The van der Waals surface area contributed by atoms with Crippen molar-refractivity contribution in [1.82, 2.24) is 5.32 Å². The molecule has 88 valence electrons. The average Bonchev–Trinajstić information content (AvgIpc) is 2.32. The van der Waals surface area contributed by atoms with Crippen LogP contribution in [-0.2, 0) is 0 Å². The van der Waals surface area contributed by atoms with Gasteiger partial charge in [0, 0.05) is 0 Å². The van der Waals surface area contributed by atoms with Crippen molar-refractivity contribution in [3.63, 3.8) is 0 Å². The summed E-state index contributed by atoms with van der Waals surface area (Å²) in [7, 11) is 1.74. The molecule has 0 saturated carbocycles. The number of rotatable bonds is 2. The van der Waals surface area contributed by atoms with E-state index in [9.17, 15) is 0 Å². The average molecular weight is 219 g/mol. The lowest BCUT2D eigenvalue weighted by atomic mass is 9.86.